The summed E-state index contributed by atoms with van der Waals surface area (Å²) in [6.07, 6.45) is 0.750. The van der Waals surface area contributed by atoms with Crippen LogP contribution in [0.1, 0.15) is 27.7 Å². The fraction of sp³-hybridized carbons (Fsp3) is 1.00. The first-order valence-electron chi connectivity index (χ1n) is 2.78. The Labute approximate surface area is 56.5 Å². The van der Waals surface area contributed by atoms with E-state index in [9.17, 15) is 0 Å². The molecule has 48 valence electrons. The van der Waals surface area contributed by atoms with Crippen LogP contribution in [0.2, 0.25) is 0 Å². The maximum Gasteiger partial charge on any atom is 0.0522 e. The van der Waals surface area contributed by atoms with Gasteiger partial charge in [-0.15, -0.1) is 0 Å². The molecule has 0 heterocycles. The van der Waals surface area contributed by atoms with E-state index >= 15 is 0 Å². The molecule has 1 nitrogen and oxygen atoms in total. The highest BCUT2D eigenvalue weighted by molar-refractivity contribution is 5.75. The first-order valence-corrected chi connectivity index (χ1v) is 2.78. The van der Waals surface area contributed by atoms with E-state index in [-0.39, 0.29) is 11.0 Å². The molecule has 0 saturated carbocycles. The van der Waals surface area contributed by atoms with Crippen LogP contribution in [0, 0.1) is 0 Å². The van der Waals surface area contributed by atoms with Crippen LogP contribution in [0.25, 0.3) is 0 Å². The molecule has 0 saturated heterocycles. The standard InChI is InChI=1S/C6H14O.Si/c1-5(2)7-6(3)4;/h5-6H,1-4H3;. The molecule has 0 bridgehead atoms. The molecular weight excluding hydrogens is 116 g/mol. The van der Waals surface area contributed by atoms with Crippen molar-refractivity contribution in [1.29, 1.82) is 0 Å². The summed E-state index contributed by atoms with van der Waals surface area (Å²) in [6, 6.07) is 0. The summed E-state index contributed by atoms with van der Waals surface area (Å²) in [7, 11) is 0. The van der Waals surface area contributed by atoms with Crippen molar-refractivity contribution in [3.05, 3.63) is 0 Å². The lowest BCUT2D eigenvalue weighted by Gasteiger charge is -2.09. The van der Waals surface area contributed by atoms with Crippen LogP contribution in [-0.4, -0.2) is 23.2 Å². The van der Waals surface area contributed by atoms with Crippen LogP contribution in [-0.2, 0) is 4.74 Å². The monoisotopic (exact) mass is 130 g/mol. The minimum atomic E-state index is 0. The van der Waals surface area contributed by atoms with E-state index in [1.54, 1.807) is 0 Å². The first-order chi connectivity index (χ1) is 3.13. The van der Waals surface area contributed by atoms with Gasteiger partial charge in [0.2, 0.25) is 0 Å². The molecule has 0 aromatic carbocycles. The molecule has 0 amide bonds. The van der Waals surface area contributed by atoms with Crippen LogP contribution in [0.3, 0.4) is 0 Å². The maximum atomic E-state index is 5.25. The Hall–Kier alpha value is 0.177. The molecule has 0 aliphatic rings. The summed E-state index contributed by atoms with van der Waals surface area (Å²) in [6.45, 7) is 8.17. The smallest absolute Gasteiger partial charge is 0.0522 e. The van der Waals surface area contributed by atoms with Crippen molar-refractivity contribution in [3.8, 4) is 0 Å². The van der Waals surface area contributed by atoms with Gasteiger partial charge in [-0.2, -0.15) is 0 Å². The van der Waals surface area contributed by atoms with Crippen molar-refractivity contribution in [2.24, 2.45) is 0 Å². The van der Waals surface area contributed by atoms with E-state index in [0.717, 1.165) is 0 Å². The summed E-state index contributed by atoms with van der Waals surface area (Å²) in [5.74, 6) is 0. The Bertz CT molecular complexity index is 37.8. The molecule has 0 fully saturated rings. The second kappa shape index (κ2) is 5.32. The lowest BCUT2D eigenvalue weighted by Crippen LogP contribution is -2.09. The number of ether oxygens (including phenoxy) is 1. The molecule has 0 aliphatic heterocycles. The fourth-order valence-corrected chi connectivity index (χ4v) is 0.544. The summed E-state index contributed by atoms with van der Waals surface area (Å²) >= 11 is 0. The summed E-state index contributed by atoms with van der Waals surface area (Å²) in [5.41, 5.74) is 0. The van der Waals surface area contributed by atoms with E-state index in [1.807, 2.05) is 27.7 Å². The number of hydrogen-bond acceptors (Lipinski definition) is 1. The zero-order chi connectivity index (χ0) is 5.86. The van der Waals surface area contributed by atoms with E-state index in [0.29, 0.717) is 12.2 Å². The summed E-state index contributed by atoms with van der Waals surface area (Å²) in [5, 5.41) is 0. The molecule has 0 aromatic heterocycles. The maximum absolute atomic E-state index is 5.25. The topological polar surface area (TPSA) is 9.23 Å². The SMILES string of the molecule is CC(C)OC(C)C.[Si]. The van der Waals surface area contributed by atoms with Gasteiger partial charge < -0.3 is 4.74 Å². The molecule has 2 heteroatoms. The number of rotatable bonds is 2. The summed E-state index contributed by atoms with van der Waals surface area (Å²) < 4.78 is 5.25. The minimum Gasteiger partial charge on any atom is -0.376 e. The van der Waals surface area contributed by atoms with Gasteiger partial charge in [0.1, 0.15) is 0 Å². The van der Waals surface area contributed by atoms with Gasteiger partial charge in [0.15, 0.2) is 0 Å². The van der Waals surface area contributed by atoms with E-state index in [4.69, 9.17) is 4.74 Å². The fourth-order valence-electron chi connectivity index (χ4n) is 0.544. The van der Waals surface area contributed by atoms with Gasteiger partial charge >= 0.3 is 0 Å². The average Bonchev–Trinajstić information content (AvgIpc) is 1.27. The third-order valence-corrected chi connectivity index (χ3v) is 0.544. The Morgan fingerprint density at radius 2 is 1.12 bits per heavy atom. The zero-order valence-corrected chi connectivity index (χ0v) is 7.06. The Morgan fingerprint density at radius 3 is 1.12 bits per heavy atom. The molecule has 4 radical (unpaired) electrons. The van der Waals surface area contributed by atoms with Gasteiger partial charge in [0.25, 0.3) is 0 Å². The Morgan fingerprint density at radius 1 is 0.875 bits per heavy atom. The molecule has 0 atom stereocenters. The third kappa shape index (κ3) is 9.49. The molecule has 0 N–H and O–H groups in total. The van der Waals surface area contributed by atoms with Gasteiger partial charge in [-0.25, -0.2) is 0 Å². The molecule has 8 heavy (non-hydrogen) atoms. The van der Waals surface area contributed by atoms with Crippen LogP contribution >= 0.6 is 0 Å². The highest BCUT2D eigenvalue weighted by atomic mass is 28.1. The van der Waals surface area contributed by atoms with Gasteiger partial charge in [-0.3, -0.25) is 0 Å². The van der Waals surface area contributed by atoms with Crippen molar-refractivity contribution < 1.29 is 4.74 Å². The van der Waals surface area contributed by atoms with E-state index < -0.39 is 0 Å². The van der Waals surface area contributed by atoms with Gasteiger partial charge in [-0.1, -0.05) is 0 Å². The van der Waals surface area contributed by atoms with Gasteiger partial charge in [0, 0.05) is 11.0 Å². The summed E-state index contributed by atoms with van der Waals surface area (Å²) in [4.78, 5) is 0. The minimum absolute atomic E-state index is 0. The predicted molar refractivity (Wildman–Crippen MR) is 37.1 cm³/mol. The van der Waals surface area contributed by atoms with Gasteiger partial charge in [-0.05, 0) is 27.7 Å². The lowest BCUT2D eigenvalue weighted by molar-refractivity contribution is 0.0300. The number of hydrogen-bond donors (Lipinski definition) is 0. The second-order valence-electron chi connectivity index (χ2n) is 2.23. The van der Waals surface area contributed by atoms with Crippen LogP contribution in [0.4, 0.5) is 0 Å². The second-order valence-corrected chi connectivity index (χ2v) is 2.23. The largest absolute Gasteiger partial charge is 0.376 e. The molecule has 0 aliphatic carbocycles. The highest BCUT2D eigenvalue weighted by Gasteiger charge is 1.94. The highest BCUT2D eigenvalue weighted by Crippen LogP contribution is 1.93. The Balaban J connectivity index is 0. The van der Waals surface area contributed by atoms with Crippen LogP contribution in [0.5, 0.6) is 0 Å². The molecule has 0 aromatic rings. The van der Waals surface area contributed by atoms with E-state index in [1.165, 1.54) is 0 Å². The molecular formula is C6H14OSi. The van der Waals surface area contributed by atoms with Crippen molar-refractivity contribution in [2.75, 3.05) is 0 Å². The Kier molecular flexibility index (Phi) is 7.34. The molecule has 0 unspecified atom stereocenters. The zero-order valence-electron chi connectivity index (χ0n) is 6.06. The normalized spacial score (nSPS) is 9.75. The first kappa shape index (κ1) is 11.0. The lowest BCUT2D eigenvalue weighted by atomic mass is 10.4. The average molecular weight is 130 g/mol. The van der Waals surface area contributed by atoms with E-state index in [2.05, 4.69) is 0 Å². The molecule has 0 spiro atoms. The van der Waals surface area contributed by atoms with Crippen molar-refractivity contribution in [3.63, 3.8) is 0 Å². The van der Waals surface area contributed by atoms with Crippen molar-refractivity contribution >= 4 is 11.0 Å². The molecule has 0 rings (SSSR count). The van der Waals surface area contributed by atoms with Crippen LogP contribution < -0.4 is 0 Å². The van der Waals surface area contributed by atoms with Crippen LogP contribution in [0.15, 0.2) is 0 Å². The predicted octanol–water partition coefficient (Wildman–Crippen LogP) is 1.44. The quantitative estimate of drug-likeness (QED) is 0.514. The van der Waals surface area contributed by atoms with Gasteiger partial charge in [0.05, 0.1) is 12.2 Å². The van der Waals surface area contributed by atoms with Crippen molar-refractivity contribution in [2.45, 2.75) is 39.9 Å². The third-order valence-electron chi connectivity index (χ3n) is 0.544. The van der Waals surface area contributed by atoms with Crippen molar-refractivity contribution in [1.82, 2.24) is 0 Å².